The molecule has 1 aromatic carbocycles. The maximum absolute atomic E-state index is 12.9. The van der Waals surface area contributed by atoms with Gasteiger partial charge >= 0.3 is 0 Å². The number of hydrogen-bond acceptors (Lipinski definition) is 1. The van der Waals surface area contributed by atoms with Gasteiger partial charge in [0.15, 0.2) is 11.6 Å². The van der Waals surface area contributed by atoms with Gasteiger partial charge < -0.3 is 5.73 Å². The quantitative estimate of drug-likeness (QED) is 0.783. The van der Waals surface area contributed by atoms with Crippen LogP contribution in [0.25, 0.3) is 0 Å². The molecule has 84 valence electrons. The molecule has 1 nitrogen and oxygen atoms in total. The van der Waals surface area contributed by atoms with Crippen LogP contribution in [0.5, 0.6) is 0 Å². The molecule has 0 saturated heterocycles. The van der Waals surface area contributed by atoms with Crippen LogP contribution in [-0.2, 0) is 6.42 Å². The topological polar surface area (TPSA) is 26.0 Å². The minimum absolute atomic E-state index is 0.209. The van der Waals surface area contributed by atoms with Crippen LogP contribution in [0.1, 0.15) is 19.4 Å². The van der Waals surface area contributed by atoms with Crippen molar-refractivity contribution in [2.75, 3.05) is 0 Å². The van der Waals surface area contributed by atoms with Crippen molar-refractivity contribution in [2.24, 2.45) is 5.73 Å². The molecular weight excluding hydrogens is 212 g/mol. The Bertz CT molecular complexity index is 339. The van der Waals surface area contributed by atoms with Crippen LogP contribution in [0.4, 0.5) is 8.78 Å². The molecule has 0 fully saturated rings. The van der Waals surface area contributed by atoms with Crippen LogP contribution in [-0.4, -0.2) is 14.7 Å². The summed E-state index contributed by atoms with van der Waals surface area (Å²) >= 11 is 0. The molecule has 15 heavy (non-hydrogen) atoms. The lowest BCUT2D eigenvalue weighted by atomic mass is 10.1. The molecule has 0 aromatic heterocycles. The lowest BCUT2D eigenvalue weighted by molar-refractivity contribution is 0.505. The van der Waals surface area contributed by atoms with Crippen LogP contribution in [0.15, 0.2) is 18.2 Å². The lowest BCUT2D eigenvalue weighted by Gasteiger charge is -2.23. The van der Waals surface area contributed by atoms with Gasteiger partial charge in [-0.1, -0.05) is 26.0 Å². The van der Waals surface area contributed by atoms with E-state index in [9.17, 15) is 8.78 Å². The minimum Gasteiger partial charge on any atom is -0.328 e. The predicted molar refractivity (Wildman–Crippen MR) is 61.7 cm³/mol. The van der Waals surface area contributed by atoms with Crippen molar-refractivity contribution in [3.05, 3.63) is 35.4 Å². The van der Waals surface area contributed by atoms with Crippen molar-refractivity contribution < 1.29 is 8.78 Å². The van der Waals surface area contributed by atoms with E-state index in [1.807, 2.05) is 6.92 Å². The van der Waals surface area contributed by atoms with E-state index in [0.29, 0.717) is 6.42 Å². The monoisotopic (exact) mass is 229 g/mol. The summed E-state index contributed by atoms with van der Waals surface area (Å²) < 4.78 is 25.6. The van der Waals surface area contributed by atoms with Crippen LogP contribution in [0, 0.1) is 11.6 Å². The second-order valence-corrected chi connectivity index (χ2v) is 7.44. The average molecular weight is 229 g/mol. The summed E-state index contributed by atoms with van der Waals surface area (Å²) in [6.07, 6.45) is 0.629. The molecular formula is C11H17F2NSi. The predicted octanol–water partition coefficient (Wildman–Crippen LogP) is 1.79. The number of benzene rings is 1. The number of rotatable bonds is 4. The molecule has 1 aromatic rings. The zero-order valence-corrected chi connectivity index (χ0v) is 10.6. The van der Waals surface area contributed by atoms with Gasteiger partial charge in [-0.25, -0.2) is 8.78 Å². The summed E-state index contributed by atoms with van der Waals surface area (Å²) in [5, 5.41) is -0.209. The van der Waals surface area contributed by atoms with Crippen molar-refractivity contribution in [3.8, 4) is 0 Å². The molecule has 0 spiro atoms. The smallest absolute Gasteiger partial charge is 0.159 e. The molecule has 0 aliphatic rings. The Labute approximate surface area is 91.5 Å². The van der Waals surface area contributed by atoms with Crippen LogP contribution in [0.3, 0.4) is 0 Å². The summed E-state index contributed by atoms with van der Waals surface area (Å²) in [6, 6.07) is 5.13. The fourth-order valence-corrected chi connectivity index (χ4v) is 3.38. The largest absolute Gasteiger partial charge is 0.328 e. The molecule has 0 radical (unpaired) electrons. The average Bonchev–Trinajstić information content (AvgIpc) is 2.10. The fourth-order valence-electron chi connectivity index (χ4n) is 1.78. The summed E-state index contributed by atoms with van der Waals surface area (Å²) in [4.78, 5) is 0. The highest BCUT2D eigenvalue weighted by Gasteiger charge is 2.18. The SMILES string of the molecule is CC[SiH2]C(C)(N)Cc1ccc(F)c(F)c1. The van der Waals surface area contributed by atoms with E-state index in [0.717, 1.165) is 17.7 Å². The molecule has 0 heterocycles. The molecule has 0 amide bonds. The summed E-state index contributed by atoms with van der Waals surface area (Å²) in [6.45, 7) is 4.10. The third-order valence-electron chi connectivity index (χ3n) is 2.41. The lowest BCUT2D eigenvalue weighted by Crippen LogP contribution is -2.44. The summed E-state index contributed by atoms with van der Waals surface area (Å²) in [7, 11) is -0.355. The van der Waals surface area contributed by atoms with Crippen LogP contribution < -0.4 is 5.73 Å². The van der Waals surface area contributed by atoms with Gasteiger partial charge in [0, 0.05) is 14.7 Å². The van der Waals surface area contributed by atoms with E-state index in [2.05, 4.69) is 6.92 Å². The van der Waals surface area contributed by atoms with Gasteiger partial charge in [0.25, 0.3) is 0 Å². The van der Waals surface area contributed by atoms with E-state index in [1.165, 1.54) is 6.07 Å². The van der Waals surface area contributed by atoms with E-state index >= 15 is 0 Å². The Hall–Kier alpha value is -0.743. The maximum atomic E-state index is 12.9. The first-order valence-corrected chi connectivity index (χ1v) is 6.88. The number of nitrogens with two attached hydrogens (primary N) is 1. The molecule has 0 bridgehead atoms. The first-order valence-electron chi connectivity index (χ1n) is 5.17. The summed E-state index contributed by atoms with van der Waals surface area (Å²) in [5.74, 6) is -1.59. The highest BCUT2D eigenvalue weighted by molar-refractivity contribution is 6.39. The molecule has 0 aliphatic carbocycles. The molecule has 1 unspecified atom stereocenters. The van der Waals surface area contributed by atoms with Crippen molar-refractivity contribution >= 4 is 9.52 Å². The summed E-state index contributed by atoms with van der Waals surface area (Å²) in [5.41, 5.74) is 6.87. The van der Waals surface area contributed by atoms with Gasteiger partial charge in [-0.3, -0.25) is 0 Å². The zero-order chi connectivity index (χ0) is 11.5. The van der Waals surface area contributed by atoms with Gasteiger partial charge in [-0.05, 0) is 24.1 Å². The van der Waals surface area contributed by atoms with Gasteiger partial charge in [0.05, 0.1) is 0 Å². The molecule has 4 heteroatoms. The molecule has 0 saturated carbocycles. The normalized spacial score (nSPS) is 15.8. The third kappa shape index (κ3) is 3.72. The van der Waals surface area contributed by atoms with Crippen molar-refractivity contribution in [1.29, 1.82) is 0 Å². The number of halogens is 2. The van der Waals surface area contributed by atoms with Crippen molar-refractivity contribution in [2.45, 2.75) is 31.5 Å². The van der Waals surface area contributed by atoms with Crippen LogP contribution >= 0.6 is 0 Å². The first kappa shape index (κ1) is 12.3. The Morgan fingerprint density at radius 3 is 2.53 bits per heavy atom. The van der Waals surface area contributed by atoms with E-state index < -0.39 is 11.6 Å². The third-order valence-corrected chi connectivity index (χ3v) is 4.31. The Morgan fingerprint density at radius 2 is 2.00 bits per heavy atom. The molecule has 1 rings (SSSR count). The van der Waals surface area contributed by atoms with Crippen LogP contribution in [0.2, 0.25) is 6.04 Å². The Balaban J connectivity index is 2.76. The van der Waals surface area contributed by atoms with E-state index in [1.54, 1.807) is 6.07 Å². The molecule has 1 atom stereocenters. The highest BCUT2D eigenvalue weighted by atomic mass is 28.2. The Morgan fingerprint density at radius 1 is 1.33 bits per heavy atom. The van der Waals surface area contributed by atoms with Crippen molar-refractivity contribution in [1.82, 2.24) is 0 Å². The highest BCUT2D eigenvalue weighted by Crippen LogP contribution is 2.14. The first-order chi connectivity index (χ1) is 6.94. The second kappa shape index (κ2) is 4.85. The molecule has 2 N–H and O–H groups in total. The van der Waals surface area contributed by atoms with Gasteiger partial charge in [-0.2, -0.15) is 0 Å². The van der Waals surface area contributed by atoms with E-state index in [4.69, 9.17) is 5.73 Å². The van der Waals surface area contributed by atoms with Gasteiger partial charge in [-0.15, -0.1) is 0 Å². The van der Waals surface area contributed by atoms with E-state index in [-0.39, 0.29) is 14.7 Å². The standard InChI is InChI=1S/C11H17F2NSi/c1-3-15-11(2,14)7-8-4-5-9(12)10(13)6-8/h4-6H,3,7,14-15H2,1-2H3. The number of hydrogen-bond donors (Lipinski definition) is 1. The molecule has 0 aliphatic heterocycles. The van der Waals surface area contributed by atoms with Gasteiger partial charge in [0.1, 0.15) is 0 Å². The second-order valence-electron chi connectivity index (χ2n) is 4.33. The van der Waals surface area contributed by atoms with Crippen molar-refractivity contribution in [3.63, 3.8) is 0 Å². The minimum atomic E-state index is -0.801. The van der Waals surface area contributed by atoms with Gasteiger partial charge in [0.2, 0.25) is 0 Å². The Kier molecular flexibility index (Phi) is 3.99. The maximum Gasteiger partial charge on any atom is 0.159 e. The zero-order valence-electron chi connectivity index (χ0n) is 9.19. The fraction of sp³-hybridized carbons (Fsp3) is 0.455.